The van der Waals surface area contributed by atoms with E-state index in [4.69, 9.17) is 0 Å². The highest BCUT2D eigenvalue weighted by molar-refractivity contribution is 7.91. The van der Waals surface area contributed by atoms with Gasteiger partial charge in [0.15, 0.2) is 0 Å². The van der Waals surface area contributed by atoms with E-state index in [1.807, 2.05) is 13.0 Å². The Morgan fingerprint density at radius 1 is 1.45 bits per heavy atom. The van der Waals surface area contributed by atoms with Gasteiger partial charge in [-0.25, -0.2) is 8.42 Å². The molecule has 20 heavy (non-hydrogen) atoms. The second-order valence-corrected chi connectivity index (χ2v) is 9.17. The monoisotopic (exact) mass is 316 g/mol. The van der Waals surface area contributed by atoms with Crippen LogP contribution in [0.2, 0.25) is 0 Å². The molecule has 114 valence electrons. The molecule has 0 unspecified atom stereocenters. The van der Waals surface area contributed by atoms with Crippen LogP contribution in [0.1, 0.15) is 43.6 Å². The lowest BCUT2D eigenvalue weighted by molar-refractivity contribution is 0.250. The lowest BCUT2D eigenvalue weighted by atomic mass is 9.94. The summed E-state index contributed by atoms with van der Waals surface area (Å²) in [4.78, 5) is 1.11. The van der Waals surface area contributed by atoms with E-state index in [2.05, 4.69) is 19.2 Å². The molecular formula is C14H24N2O2S2. The van der Waals surface area contributed by atoms with Crippen LogP contribution in [0.5, 0.6) is 0 Å². The Hall–Kier alpha value is -0.430. The first-order valence-electron chi connectivity index (χ1n) is 7.13. The third kappa shape index (κ3) is 3.24. The number of thiophene rings is 1. The van der Waals surface area contributed by atoms with Gasteiger partial charge in [0.05, 0.1) is 0 Å². The topological polar surface area (TPSA) is 49.4 Å². The van der Waals surface area contributed by atoms with Gasteiger partial charge in [0.2, 0.25) is 0 Å². The van der Waals surface area contributed by atoms with E-state index in [1.165, 1.54) is 11.3 Å². The van der Waals surface area contributed by atoms with Gasteiger partial charge in [-0.3, -0.25) is 0 Å². The number of rotatable bonds is 6. The van der Waals surface area contributed by atoms with Crippen molar-refractivity contribution in [2.75, 3.05) is 7.05 Å². The molecule has 1 fully saturated rings. The molecule has 0 aromatic carbocycles. The summed E-state index contributed by atoms with van der Waals surface area (Å²) in [5.41, 5.74) is 1.06. The molecule has 0 aliphatic heterocycles. The summed E-state index contributed by atoms with van der Waals surface area (Å²) >= 11 is 1.40. The SMILES string of the molecule is Cc1cc(S(=O)(=O)N(C)C2CCC2)sc1CNC(C)C. The average molecular weight is 316 g/mol. The van der Waals surface area contributed by atoms with E-state index in [-0.39, 0.29) is 6.04 Å². The molecule has 4 nitrogen and oxygen atoms in total. The van der Waals surface area contributed by atoms with Crippen molar-refractivity contribution in [2.45, 2.75) is 62.9 Å². The summed E-state index contributed by atoms with van der Waals surface area (Å²) in [6, 6.07) is 2.40. The molecule has 0 amide bonds. The summed E-state index contributed by atoms with van der Waals surface area (Å²) in [5, 5.41) is 3.34. The number of hydrogen-bond acceptors (Lipinski definition) is 4. The van der Waals surface area contributed by atoms with Crippen LogP contribution in [-0.2, 0) is 16.6 Å². The maximum Gasteiger partial charge on any atom is 0.252 e. The van der Waals surface area contributed by atoms with Crippen LogP contribution in [0.15, 0.2) is 10.3 Å². The van der Waals surface area contributed by atoms with Crippen molar-refractivity contribution in [3.05, 3.63) is 16.5 Å². The summed E-state index contributed by atoms with van der Waals surface area (Å²) in [7, 11) is -1.61. The molecule has 2 rings (SSSR count). The molecule has 0 atom stereocenters. The normalized spacial score (nSPS) is 16.9. The highest BCUT2D eigenvalue weighted by atomic mass is 32.2. The molecule has 0 saturated heterocycles. The van der Waals surface area contributed by atoms with Crippen molar-refractivity contribution < 1.29 is 8.42 Å². The zero-order chi connectivity index (χ0) is 14.9. The van der Waals surface area contributed by atoms with Crippen LogP contribution in [0.25, 0.3) is 0 Å². The third-order valence-corrected chi connectivity index (χ3v) is 7.49. The second-order valence-electron chi connectivity index (χ2n) is 5.81. The van der Waals surface area contributed by atoms with Gasteiger partial charge in [-0.2, -0.15) is 4.31 Å². The Labute approximate surface area is 126 Å². The van der Waals surface area contributed by atoms with Crippen LogP contribution in [0, 0.1) is 6.92 Å². The van der Waals surface area contributed by atoms with E-state index in [0.29, 0.717) is 10.3 Å². The number of sulfonamides is 1. The largest absolute Gasteiger partial charge is 0.310 e. The van der Waals surface area contributed by atoms with Crippen LogP contribution in [-0.4, -0.2) is 31.9 Å². The van der Waals surface area contributed by atoms with E-state index >= 15 is 0 Å². The predicted octanol–water partition coefficient (Wildman–Crippen LogP) is 2.73. The van der Waals surface area contributed by atoms with Crippen LogP contribution >= 0.6 is 11.3 Å². The fraction of sp³-hybridized carbons (Fsp3) is 0.714. The second kappa shape index (κ2) is 6.13. The van der Waals surface area contributed by atoms with Gasteiger partial charge in [0.25, 0.3) is 10.0 Å². The first-order chi connectivity index (χ1) is 9.32. The molecule has 1 aliphatic rings. The van der Waals surface area contributed by atoms with Crippen molar-refractivity contribution in [1.29, 1.82) is 0 Å². The van der Waals surface area contributed by atoms with Gasteiger partial charge in [-0.1, -0.05) is 20.3 Å². The van der Waals surface area contributed by atoms with E-state index < -0.39 is 10.0 Å². The maximum absolute atomic E-state index is 12.6. The minimum atomic E-state index is -3.32. The Morgan fingerprint density at radius 2 is 2.10 bits per heavy atom. The van der Waals surface area contributed by atoms with Crippen molar-refractivity contribution in [2.24, 2.45) is 0 Å². The van der Waals surface area contributed by atoms with Gasteiger partial charge in [0.1, 0.15) is 4.21 Å². The zero-order valence-corrected chi connectivity index (χ0v) is 14.3. The number of hydrogen-bond donors (Lipinski definition) is 1. The van der Waals surface area contributed by atoms with E-state index in [0.717, 1.165) is 36.2 Å². The molecule has 0 spiro atoms. The Balaban J connectivity index is 2.17. The van der Waals surface area contributed by atoms with Crippen LogP contribution in [0.3, 0.4) is 0 Å². The minimum Gasteiger partial charge on any atom is -0.310 e. The van der Waals surface area contributed by atoms with Crippen molar-refractivity contribution in [1.82, 2.24) is 9.62 Å². The van der Waals surface area contributed by atoms with Gasteiger partial charge >= 0.3 is 0 Å². The first kappa shape index (κ1) is 15.9. The molecule has 0 radical (unpaired) electrons. The first-order valence-corrected chi connectivity index (χ1v) is 9.38. The van der Waals surface area contributed by atoms with Crippen LogP contribution < -0.4 is 5.32 Å². The molecule has 1 saturated carbocycles. The summed E-state index contributed by atoms with van der Waals surface area (Å²) in [5.74, 6) is 0. The lowest BCUT2D eigenvalue weighted by Gasteiger charge is -2.33. The highest BCUT2D eigenvalue weighted by Crippen LogP contribution is 2.32. The highest BCUT2D eigenvalue weighted by Gasteiger charge is 2.33. The van der Waals surface area contributed by atoms with Gasteiger partial charge in [-0.05, 0) is 31.4 Å². The third-order valence-electron chi connectivity index (χ3n) is 3.89. The summed E-state index contributed by atoms with van der Waals surface area (Å²) in [6.07, 6.45) is 3.11. The zero-order valence-electron chi connectivity index (χ0n) is 12.6. The van der Waals surface area contributed by atoms with Gasteiger partial charge in [0, 0.05) is 30.6 Å². The van der Waals surface area contributed by atoms with Gasteiger partial charge in [-0.15, -0.1) is 11.3 Å². The lowest BCUT2D eigenvalue weighted by Crippen LogP contribution is -2.40. The standard InChI is InChI=1S/C14H24N2O2S2/c1-10(2)15-9-13-11(3)8-14(19-13)20(17,18)16(4)12-6-5-7-12/h8,10,12,15H,5-7,9H2,1-4H3. The Morgan fingerprint density at radius 3 is 2.60 bits per heavy atom. The fourth-order valence-electron chi connectivity index (χ4n) is 2.18. The van der Waals surface area contributed by atoms with E-state index in [1.54, 1.807) is 11.4 Å². The summed E-state index contributed by atoms with van der Waals surface area (Å²) in [6.45, 7) is 6.89. The minimum absolute atomic E-state index is 0.194. The smallest absolute Gasteiger partial charge is 0.252 e. The number of nitrogens with zero attached hydrogens (tertiary/aromatic N) is 1. The fourth-order valence-corrected chi connectivity index (χ4v) is 5.32. The molecule has 0 bridgehead atoms. The van der Waals surface area contributed by atoms with Crippen molar-refractivity contribution in [3.63, 3.8) is 0 Å². The molecular weight excluding hydrogens is 292 g/mol. The number of aryl methyl sites for hydroxylation is 1. The molecule has 1 aliphatic carbocycles. The van der Waals surface area contributed by atoms with Crippen molar-refractivity contribution >= 4 is 21.4 Å². The van der Waals surface area contributed by atoms with Gasteiger partial charge < -0.3 is 5.32 Å². The Bertz CT molecular complexity index is 560. The quantitative estimate of drug-likeness (QED) is 0.878. The summed E-state index contributed by atoms with van der Waals surface area (Å²) < 4.78 is 27.2. The number of nitrogens with one attached hydrogen (secondary N) is 1. The maximum atomic E-state index is 12.6. The molecule has 1 heterocycles. The Kier molecular flexibility index (Phi) is 4.89. The molecule has 1 N–H and O–H groups in total. The average Bonchev–Trinajstić information content (AvgIpc) is 2.66. The predicted molar refractivity (Wildman–Crippen MR) is 83.6 cm³/mol. The molecule has 1 aromatic heterocycles. The van der Waals surface area contributed by atoms with Crippen molar-refractivity contribution in [3.8, 4) is 0 Å². The van der Waals surface area contributed by atoms with E-state index in [9.17, 15) is 8.42 Å². The molecule has 6 heteroatoms. The molecule has 1 aromatic rings. The van der Waals surface area contributed by atoms with Crippen LogP contribution in [0.4, 0.5) is 0 Å².